The van der Waals surface area contributed by atoms with Gasteiger partial charge in [-0.15, -0.1) is 0 Å². The van der Waals surface area contributed by atoms with Crippen LogP contribution in [0.3, 0.4) is 0 Å². The van der Waals surface area contributed by atoms with E-state index in [9.17, 15) is 15.3 Å². The minimum Gasteiger partial charge on any atom is -0.507 e. The third kappa shape index (κ3) is 3.15. The number of aliphatic hydroxyl groups excluding tert-OH is 2. The third-order valence-electron chi connectivity index (χ3n) is 4.72. The van der Waals surface area contributed by atoms with Crippen LogP contribution in [-0.4, -0.2) is 15.3 Å². The molecule has 20 heavy (non-hydrogen) atoms. The minimum absolute atomic E-state index is 0.0391. The molecule has 2 rings (SSSR count). The molecule has 0 amide bonds. The van der Waals surface area contributed by atoms with Gasteiger partial charge in [-0.2, -0.15) is 0 Å². The van der Waals surface area contributed by atoms with Crippen molar-refractivity contribution in [3.8, 4) is 5.75 Å². The number of rotatable bonds is 5. The van der Waals surface area contributed by atoms with E-state index in [0.717, 1.165) is 12.0 Å². The molecule has 1 aromatic rings. The van der Waals surface area contributed by atoms with Gasteiger partial charge < -0.3 is 15.3 Å². The Balaban J connectivity index is 2.33. The van der Waals surface area contributed by atoms with Crippen molar-refractivity contribution in [1.29, 1.82) is 0 Å². The Morgan fingerprint density at radius 1 is 1.05 bits per heavy atom. The fourth-order valence-electron chi connectivity index (χ4n) is 3.62. The van der Waals surface area contributed by atoms with E-state index in [2.05, 4.69) is 6.92 Å². The largest absolute Gasteiger partial charge is 0.507 e. The maximum Gasteiger partial charge on any atom is 0.126 e. The molecule has 1 aliphatic rings. The summed E-state index contributed by atoms with van der Waals surface area (Å²) in [5, 5.41) is 28.7. The molecule has 0 heterocycles. The first kappa shape index (κ1) is 15.3. The highest BCUT2D eigenvalue weighted by Crippen LogP contribution is 2.40. The summed E-state index contributed by atoms with van der Waals surface area (Å²) in [4.78, 5) is 0. The van der Waals surface area contributed by atoms with E-state index in [-0.39, 0.29) is 19.0 Å². The van der Waals surface area contributed by atoms with Crippen LogP contribution in [0.4, 0.5) is 0 Å². The second-order valence-corrected chi connectivity index (χ2v) is 5.92. The number of aliphatic hydroxyl groups is 2. The number of phenols is 1. The van der Waals surface area contributed by atoms with Crippen molar-refractivity contribution < 1.29 is 15.3 Å². The second-order valence-electron chi connectivity index (χ2n) is 5.92. The summed E-state index contributed by atoms with van der Waals surface area (Å²) < 4.78 is 0. The molecule has 112 valence electrons. The van der Waals surface area contributed by atoms with Gasteiger partial charge in [0.1, 0.15) is 5.75 Å². The minimum atomic E-state index is -0.187. The summed E-state index contributed by atoms with van der Waals surface area (Å²) in [6.45, 7) is 1.82. The molecule has 0 saturated heterocycles. The monoisotopic (exact) mass is 278 g/mol. The van der Waals surface area contributed by atoms with Crippen LogP contribution in [0.1, 0.15) is 68.1 Å². The van der Waals surface area contributed by atoms with Gasteiger partial charge in [0, 0.05) is 11.1 Å². The molecule has 3 heteroatoms. The lowest BCUT2D eigenvalue weighted by Gasteiger charge is -2.30. The zero-order chi connectivity index (χ0) is 14.5. The smallest absolute Gasteiger partial charge is 0.126 e. The Morgan fingerprint density at radius 3 is 2.05 bits per heavy atom. The number of aromatic hydroxyl groups is 1. The van der Waals surface area contributed by atoms with E-state index < -0.39 is 0 Å². The molecule has 1 atom stereocenters. The highest BCUT2D eigenvalue weighted by atomic mass is 16.3. The summed E-state index contributed by atoms with van der Waals surface area (Å²) in [6.07, 6.45) is 7.54. The molecule has 0 radical (unpaired) electrons. The Kier molecular flexibility index (Phi) is 5.44. The first-order valence-corrected chi connectivity index (χ1v) is 7.77. The Morgan fingerprint density at radius 2 is 1.60 bits per heavy atom. The third-order valence-corrected chi connectivity index (χ3v) is 4.72. The lowest BCUT2D eigenvalue weighted by atomic mass is 9.75. The first-order valence-electron chi connectivity index (χ1n) is 7.77. The van der Waals surface area contributed by atoms with Gasteiger partial charge in [-0.05, 0) is 48.8 Å². The van der Waals surface area contributed by atoms with Crippen molar-refractivity contribution in [1.82, 2.24) is 0 Å². The average Bonchev–Trinajstić information content (AvgIpc) is 2.50. The molecule has 0 aliphatic heterocycles. The summed E-state index contributed by atoms with van der Waals surface area (Å²) in [7, 11) is 0. The standard InChI is InChI=1S/C17H26O3/c1-2-16(12-6-4-3-5-7-12)13-8-14(10-18)17(20)15(9-13)11-19/h8-9,12,16,18-20H,2-7,10-11H2,1H3. The summed E-state index contributed by atoms with van der Waals surface area (Å²) in [5.41, 5.74) is 2.21. The summed E-state index contributed by atoms with van der Waals surface area (Å²) in [6, 6.07) is 3.83. The van der Waals surface area contributed by atoms with Gasteiger partial charge in [0.25, 0.3) is 0 Å². The maximum atomic E-state index is 9.96. The van der Waals surface area contributed by atoms with Crippen LogP contribution in [0.15, 0.2) is 12.1 Å². The molecule has 1 unspecified atom stereocenters. The zero-order valence-electron chi connectivity index (χ0n) is 12.3. The van der Waals surface area contributed by atoms with Gasteiger partial charge in [-0.1, -0.05) is 26.2 Å². The van der Waals surface area contributed by atoms with Gasteiger partial charge in [-0.25, -0.2) is 0 Å². The van der Waals surface area contributed by atoms with Crippen molar-refractivity contribution in [2.45, 2.75) is 64.6 Å². The van der Waals surface area contributed by atoms with Crippen LogP contribution in [-0.2, 0) is 13.2 Å². The Hall–Kier alpha value is -1.06. The van der Waals surface area contributed by atoms with Gasteiger partial charge in [0.05, 0.1) is 13.2 Å². The molecule has 1 aromatic carbocycles. The SMILES string of the molecule is CCC(c1cc(CO)c(O)c(CO)c1)C1CCCCC1. The van der Waals surface area contributed by atoms with Gasteiger partial charge in [0.15, 0.2) is 0 Å². The molecule has 0 bridgehead atoms. The lowest BCUT2D eigenvalue weighted by molar-refractivity contribution is 0.261. The van der Waals surface area contributed by atoms with Crippen LogP contribution in [0, 0.1) is 5.92 Å². The van der Waals surface area contributed by atoms with Crippen molar-refractivity contribution in [3.05, 3.63) is 28.8 Å². The van der Waals surface area contributed by atoms with Gasteiger partial charge >= 0.3 is 0 Å². The fraction of sp³-hybridized carbons (Fsp3) is 0.647. The molecule has 1 saturated carbocycles. The van der Waals surface area contributed by atoms with Gasteiger partial charge in [-0.3, -0.25) is 0 Å². The van der Waals surface area contributed by atoms with Crippen LogP contribution in [0.2, 0.25) is 0 Å². The molecule has 1 fully saturated rings. The van der Waals surface area contributed by atoms with Gasteiger partial charge in [0.2, 0.25) is 0 Å². The molecule has 1 aliphatic carbocycles. The van der Waals surface area contributed by atoms with E-state index in [4.69, 9.17) is 0 Å². The van der Waals surface area contributed by atoms with Crippen molar-refractivity contribution in [3.63, 3.8) is 0 Å². The van der Waals surface area contributed by atoms with Crippen molar-refractivity contribution in [2.75, 3.05) is 0 Å². The van der Waals surface area contributed by atoms with Crippen molar-refractivity contribution in [2.24, 2.45) is 5.92 Å². The zero-order valence-corrected chi connectivity index (χ0v) is 12.3. The second kappa shape index (κ2) is 7.09. The van der Waals surface area contributed by atoms with Crippen LogP contribution in [0.25, 0.3) is 0 Å². The van der Waals surface area contributed by atoms with Crippen LogP contribution in [0.5, 0.6) is 5.75 Å². The molecule has 3 nitrogen and oxygen atoms in total. The normalized spacial score (nSPS) is 18.1. The Labute approximate surface area is 121 Å². The molecular formula is C17H26O3. The highest BCUT2D eigenvalue weighted by molar-refractivity contribution is 5.44. The van der Waals surface area contributed by atoms with Crippen molar-refractivity contribution >= 4 is 0 Å². The summed E-state index contributed by atoms with van der Waals surface area (Å²) >= 11 is 0. The van der Waals surface area contributed by atoms with E-state index in [1.54, 1.807) is 0 Å². The van der Waals surface area contributed by atoms with Crippen LogP contribution >= 0.6 is 0 Å². The number of benzene rings is 1. The molecule has 0 spiro atoms. The number of hydrogen-bond donors (Lipinski definition) is 3. The molecule has 3 N–H and O–H groups in total. The van der Waals surface area contributed by atoms with E-state index in [1.165, 1.54) is 32.1 Å². The lowest BCUT2D eigenvalue weighted by Crippen LogP contribution is -2.16. The first-order chi connectivity index (χ1) is 9.71. The maximum absolute atomic E-state index is 9.96. The van der Waals surface area contributed by atoms with E-state index >= 15 is 0 Å². The predicted molar refractivity (Wildman–Crippen MR) is 79.6 cm³/mol. The van der Waals surface area contributed by atoms with E-state index in [1.807, 2.05) is 12.1 Å². The Bertz CT molecular complexity index is 411. The predicted octanol–water partition coefficient (Wildman–Crippen LogP) is 3.45. The highest BCUT2D eigenvalue weighted by Gasteiger charge is 2.25. The summed E-state index contributed by atoms with van der Waals surface area (Å²) in [5.74, 6) is 1.19. The van der Waals surface area contributed by atoms with Crippen LogP contribution < -0.4 is 0 Å². The average molecular weight is 278 g/mol. The fourth-order valence-corrected chi connectivity index (χ4v) is 3.62. The number of hydrogen-bond acceptors (Lipinski definition) is 3. The van der Waals surface area contributed by atoms with E-state index in [0.29, 0.717) is 23.0 Å². The molecular weight excluding hydrogens is 252 g/mol. The topological polar surface area (TPSA) is 60.7 Å². The quantitative estimate of drug-likeness (QED) is 0.773. The molecule has 0 aromatic heterocycles.